The Morgan fingerprint density at radius 1 is 0.606 bits per heavy atom. The monoisotopic (exact) mass is 427 g/mol. The lowest BCUT2D eigenvalue weighted by Gasteiger charge is -2.39. The lowest BCUT2D eigenvalue weighted by atomic mass is 9.41. The molecule has 162 valence electrons. The third-order valence-electron chi connectivity index (χ3n) is 7.78. The Hall–Kier alpha value is -3.26. The van der Waals surface area contributed by atoms with Crippen molar-refractivity contribution < 1.29 is 0 Å². The summed E-state index contributed by atoms with van der Waals surface area (Å²) in [7, 11) is 0. The highest BCUT2D eigenvalue weighted by molar-refractivity contribution is 6.86. The molecule has 1 aromatic heterocycles. The normalized spacial score (nSPS) is 14.5. The van der Waals surface area contributed by atoms with E-state index in [2.05, 4.69) is 119 Å². The van der Waals surface area contributed by atoms with Gasteiger partial charge in [0, 0.05) is 27.2 Å². The first-order valence-electron chi connectivity index (χ1n) is 12.0. The van der Waals surface area contributed by atoms with Crippen LogP contribution in [0.1, 0.15) is 47.2 Å². The maximum atomic E-state index is 2.65. The summed E-state index contributed by atoms with van der Waals surface area (Å²) in [5.74, 6) is 0. The Kier molecular flexibility index (Phi) is 4.24. The van der Waals surface area contributed by atoms with Gasteiger partial charge in [0.05, 0.1) is 0 Å². The van der Waals surface area contributed by atoms with Crippen molar-refractivity contribution in [3.05, 3.63) is 106 Å². The quantitative estimate of drug-likeness (QED) is 0.276. The van der Waals surface area contributed by atoms with E-state index in [9.17, 15) is 0 Å². The van der Waals surface area contributed by atoms with E-state index >= 15 is 0 Å². The Bertz CT molecular complexity index is 1470. The van der Waals surface area contributed by atoms with Gasteiger partial charge in [-0.1, -0.05) is 85.6 Å². The van der Waals surface area contributed by atoms with Gasteiger partial charge in [0.2, 0.25) is 0 Å². The molecule has 0 saturated heterocycles. The van der Waals surface area contributed by atoms with E-state index in [0.717, 1.165) is 0 Å². The molecule has 2 heterocycles. The van der Waals surface area contributed by atoms with Gasteiger partial charge in [-0.2, -0.15) is 0 Å². The van der Waals surface area contributed by atoms with E-state index in [1.165, 1.54) is 66.1 Å². The molecule has 0 amide bonds. The maximum Gasteiger partial charge on any atom is 0.328 e. The highest BCUT2D eigenvalue weighted by Gasteiger charge is 2.41. The lowest BCUT2D eigenvalue weighted by molar-refractivity contribution is 0.645. The van der Waals surface area contributed by atoms with Gasteiger partial charge in [-0.25, -0.2) is 0 Å². The Balaban J connectivity index is 1.85. The second-order valence-electron chi connectivity index (χ2n) is 10.5. The van der Waals surface area contributed by atoms with Crippen LogP contribution >= 0.6 is 0 Å². The van der Waals surface area contributed by atoms with E-state index in [1.54, 1.807) is 0 Å². The summed E-state index contributed by atoms with van der Waals surface area (Å²) < 4.78 is 2.65. The van der Waals surface area contributed by atoms with E-state index < -0.39 is 0 Å². The van der Waals surface area contributed by atoms with Gasteiger partial charge in [0.1, 0.15) is 0 Å². The summed E-state index contributed by atoms with van der Waals surface area (Å²) in [5.41, 5.74) is 13.7. The first-order valence-corrected chi connectivity index (χ1v) is 12.0. The van der Waals surface area contributed by atoms with Crippen LogP contribution in [-0.2, 0) is 5.41 Å². The smallest absolute Gasteiger partial charge is 0.328 e. The molecular formula is C31H30BN. The number of fused-ring (bicyclic) bond motifs is 5. The fraction of sp³-hybridized carbons (Fsp3) is 0.226. The van der Waals surface area contributed by atoms with E-state index in [-0.39, 0.29) is 12.3 Å². The van der Waals surface area contributed by atoms with E-state index in [4.69, 9.17) is 0 Å². The second kappa shape index (κ2) is 6.87. The van der Waals surface area contributed by atoms with Crippen LogP contribution < -0.4 is 10.9 Å². The third-order valence-corrected chi connectivity index (χ3v) is 7.78. The highest BCUT2D eigenvalue weighted by Crippen LogP contribution is 2.38. The van der Waals surface area contributed by atoms with Crippen LogP contribution in [0.3, 0.4) is 0 Å². The van der Waals surface area contributed by atoms with Crippen LogP contribution in [0.25, 0.3) is 21.8 Å². The summed E-state index contributed by atoms with van der Waals surface area (Å²) in [4.78, 5) is 0. The summed E-state index contributed by atoms with van der Waals surface area (Å²) in [5, 5.41) is 2.74. The van der Waals surface area contributed by atoms with Crippen LogP contribution in [0.4, 0.5) is 0 Å². The number of nitrogens with zero attached hydrogens (tertiary/aromatic N) is 1. The van der Waals surface area contributed by atoms with Gasteiger partial charge in [-0.05, 0) is 73.0 Å². The first kappa shape index (κ1) is 20.4. The number of rotatable bonds is 1. The van der Waals surface area contributed by atoms with E-state index in [1.807, 2.05) is 0 Å². The number of aromatic nitrogens is 1. The molecule has 0 fully saturated rings. The average Bonchev–Trinajstić information content (AvgIpc) is 3.09. The molecule has 1 aliphatic rings. The molecule has 0 bridgehead atoms. The maximum absolute atomic E-state index is 2.65. The Morgan fingerprint density at radius 2 is 1.03 bits per heavy atom. The van der Waals surface area contributed by atoms with Crippen LogP contribution in [0, 0.1) is 27.7 Å². The third kappa shape index (κ3) is 2.73. The molecule has 0 saturated carbocycles. The number of hydrogen-bond donors (Lipinski definition) is 0. The molecule has 0 spiro atoms. The molecule has 33 heavy (non-hydrogen) atoms. The van der Waals surface area contributed by atoms with Crippen molar-refractivity contribution in [3.8, 4) is 0 Å². The standard InChI is InChI=1S/C31H30BN/c1-19-15-21(3)29-23(17-19)24-18-20(2)16-22(4)30(24)33(29)32-27-13-9-7-11-25(27)31(5,6)26-12-8-10-14-28(26)32/h7-18H,1-6H3. The minimum absolute atomic E-state index is 0.0281. The zero-order chi connectivity index (χ0) is 23.1. The molecule has 1 aliphatic heterocycles. The Labute approximate surface area is 197 Å². The minimum Gasteiger partial charge on any atom is -0.376 e. The molecule has 6 rings (SSSR count). The molecule has 0 radical (unpaired) electrons. The number of aryl methyl sites for hydroxylation is 4. The van der Waals surface area contributed by atoms with Crippen LogP contribution in [-0.4, -0.2) is 11.3 Å². The zero-order valence-corrected chi connectivity index (χ0v) is 20.5. The molecule has 5 aromatic rings. The van der Waals surface area contributed by atoms with Crippen LogP contribution in [0.2, 0.25) is 0 Å². The zero-order valence-electron chi connectivity index (χ0n) is 20.5. The highest BCUT2D eigenvalue weighted by atomic mass is 14.9. The van der Waals surface area contributed by atoms with Crippen molar-refractivity contribution in [1.29, 1.82) is 0 Å². The fourth-order valence-corrected chi connectivity index (χ4v) is 6.54. The fourth-order valence-electron chi connectivity index (χ4n) is 6.54. The first-order chi connectivity index (χ1) is 15.8. The molecule has 4 aromatic carbocycles. The SMILES string of the molecule is Cc1cc(C)c2c(c1)c1cc(C)cc(C)c1n2B1c2ccccc2C(C)(C)c2ccccc21. The van der Waals surface area contributed by atoms with Gasteiger partial charge in [0.15, 0.2) is 0 Å². The summed E-state index contributed by atoms with van der Waals surface area (Å²) in [6.07, 6.45) is 0. The van der Waals surface area contributed by atoms with Crippen molar-refractivity contribution in [2.45, 2.75) is 47.0 Å². The topological polar surface area (TPSA) is 4.93 Å². The number of benzene rings is 4. The molecular weight excluding hydrogens is 397 g/mol. The number of hydrogen-bond acceptors (Lipinski definition) is 0. The minimum atomic E-state index is -0.0281. The van der Waals surface area contributed by atoms with Crippen molar-refractivity contribution >= 4 is 39.6 Å². The lowest BCUT2D eigenvalue weighted by Crippen LogP contribution is -2.58. The Morgan fingerprint density at radius 3 is 1.48 bits per heavy atom. The van der Waals surface area contributed by atoms with E-state index in [0.29, 0.717) is 0 Å². The van der Waals surface area contributed by atoms with Gasteiger partial charge in [0.25, 0.3) is 0 Å². The summed E-state index contributed by atoms with van der Waals surface area (Å²) in [6, 6.07) is 27.6. The van der Waals surface area contributed by atoms with Gasteiger partial charge < -0.3 is 4.48 Å². The van der Waals surface area contributed by atoms with Crippen molar-refractivity contribution in [3.63, 3.8) is 0 Å². The molecule has 1 nitrogen and oxygen atoms in total. The largest absolute Gasteiger partial charge is 0.376 e. The van der Waals surface area contributed by atoms with Gasteiger partial charge in [-0.15, -0.1) is 0 Å². The van der Waals surface area contributed by atoms with Crippen LogP contribution in [0.15, 0.2) is 72.8 Å². The second-order valence-corrected chi connectivity index (χ2v) is 10.5. The van der Waals surface area contributed by atoms with Gasteiger partial charge >= 0.3 is 6.85 Å². The molecule has 0 atom stereocenters. The molecule has 0 aliphatic carbocycles. The predicted molar refractivity (Wildman–Crippen MR) is 144 cm³/mol. The van der Waals surface area contributed by atoms with Gasteiger partial charge in [-0.3, -0.25) is 0 Å². The van der Waals surface area contributed by atoms with Crippen LogP contribution in [0.5, 0.6) is 0 Å². The average molecular weight is 427 g/mol. The van der Waals surface area contributed by atoms with Crippen molar-refractivity contribution in [2.75, 3.05) is 0 Å². The summed E-state index contributed by atoms with van der Waals surface area (Å²) in [6.45, 7) is 13.9. The molecule has 2 heteroatoms. The molecule has 0 N–H and O–H groups in total. The van der Waals surface area contributed by atoms with Crippen molar-refractivity contribution in [2.24, 2.45) is 0 Å². The molecule has 0 unspecified atom stereocenters. The predicted octanol–water partition coefficient (Wildman–Crippen LogP) is 6.32. The van der Waals surface area contributed by atoms with Crippen molar-refractivity contribution in [1.82, 2.24) is 4.48 Å². The summed E-state index contributed by atoms with van der Waals surface area (Å²) >= 11 is 0.